The van der Waals surface area contributed by atoms with E-state index < -0.39 is 0 Å². The van der Waals surface area contributed by atoms with Crippen LogP contribution in [0.3, 0.4) is 0 Å². The van der Waals surface area contributed by atoms with E-state index in [2.05, 4.69) is 0 Å². The molecule has 0 unspecified atom stereocenters. The summed E-state index contributed by atoms with van der Waals surface area (Å²) in [7, 11) is 0. The maximum absolute atomic E-state index is 11.8. The molecule has 0 amide bonds. The minimum absolute atomic E-state index is 0.0728. The number of aliphatic hydroxyl groups excluding tert-OH is 1. The molecule has 0 aliphatic heterocycles. The zero-order valence-corrected chi connectivity index (χ0v) is 6.96. The van der Waals surface area contributed by atoms with Gasteiger partial charge in [-0.2, -0.15) is 0 Å². The van der Waals surface area contributed by atoms with Gasteiger partial charge in [-0.15, -0.1) is 0 Å². The standard InChI is InChI=1S/C10H13FO/c11-7-1-2-9-3-5-10(8-12)6-4-9/h3-6,12H,1-2,7-8H2. The van der Waals surface area contributed by atoms with Crippen LogP contribution in [0.2, 0.25) is 0 Å². The largest absolute Gasteiger partial charge is 0.392 e. The highest BCUT2D eigenvalue weighted by Gasteiger charge is 1.93. The lowest BCUT2D eigenvalue weighted by molar-refractivity contribution is 0.282. The Morgan fingerprint density at radius 1 is 1.08 bits per heavy atom. The molecule has 2 heteroatoms. The van der Waals surface area contributed by atoms with E-state index in [1.165, 1.54) is 0 Å². The first kappa shape index (κ1) is 9.20. The Morgan fingerprint density at radius 2 is 1.67 bits per heavy atom. The highest BCUT2D eigenvalue weighted by atomic mass is 19.1. The summed E-state index contributed by atoms with van der Waals surface area (Å²) in [4.78, 5) is 0. The Hall–Kier alpha value is -0.890. The van der Waals surface area contributed by atoms with Gasteiger partial charge in [-0.1, -0.05) is 24.3 Å². The summed E-state index contributed by atoms with van der Waals surface area (Å²) in [6.07, 6.45) is 1.36. The summed E-state index contributed by atoms with van der Waals surface area (Å²) in [5.74, 6) is 0. The van der Waals surface area contributed by atoms with Crippen molar-refractivity contribution in [2.24, 2.45) is 0 Å². The van der Waals surface area contributed by atoms with Gasteiger partial charge < -0.3 is 5.11 Å². The molecule has 0 saturated heterocycles. The molecule has 1 nitrogen and oxygen atoms in total. The fourth-order valence-electron chi connectivity index (χ4n) is 1.08. The predicted octanol–water partition coefficient (Wildman–Crippen LogP) is 2.08. The Morgan fingerprint density at radius 3 is 2.17 bits per heavy atom. The number of hydrogen-bond acceptors (Lipinski definition) is 1. The predicted molar refractivity (Wildman–Crippen MR) is 46.7 cm³/mol. The number of benzene rings is 1. The third-order valence-corrected chi connectivity index (χ3v) is 1.80. The molecule has 66 valence electrons. The Balaban J connectivity index is 2.53. The van der Waals surface area contributed by atoms with Crippen LogP contribution in [-0.4, -0.2) is 11.8 Å². The molecule has 1 aromatic rings. The van der Waals surface area contributed by atoms with E-state index in [4.69, 9.17) is 5.11 Å². The average Bonchev–Trinajstić information content (AvgIpc) is 2.15. The van der Waals surface area contributed by atoms with Crippen LogP contribution in [0, 0.1) is 0 Å². The Labute approximate surface area is 71.9 Å². The molecule has 0 bridgehead atoms. The molecule has 0 radical (unpaired) electrons. The number of hydrogen-bond donors (Lipinski definition) is 1. The van der Waals surface area contributed by atoms with Crippen LogP contribution in [0.4, 0.5) is 4.39 Å². The van der Waals surface area contributed by atoms with Gasteiger partial charge in [0.05, 0.1) is 13.3 Å². The number of aliphatic hydroxyl groups is 1. The topological polar surface area (TPSA) is 20.2 Å². The lowest BCUT2D eigenvalue weighted by atomic mass is 10.1. The molecule has 0 heterocycles. The van der Waals surface area contributed by atoms with Gasteiger partial charge in [-0.05, 0) is 24.0 Å². The van der Waals surface area contributed by atoms with Crippen LogP contribution in [0.25, 0.3) is 0 Å². The second-order valence-electron chi connectivity index (χ2n) is 2.77. The summed E-state index contributed by atoms with van der Waals surface area (Å²) in [6.45, 7) is -0.189. The van der Waals surface area contributed by atoms with E-state index in [0.717, 1.165) is 17.5 Å². The van der Waals surface area contributed by atoms with Crippen LogP contribution in [0.15, 0.2) is 24.3 Å². The quantitative estimate of drug-likeness (QED) is 0.729. The first-order valence-electron chi connectivity index (χ1n) is 4.11. The van der Waals surface area contributed by atoms with Gasteiger partial charge in [-0.3, -0.25) is 4.39 Å². The lowest BCUT2D eigenvalue weighted by Gasteiger charge is -1.99. The van der Waals surface area contributed by atoms with Gasteiger partial charge in [0.1, 0.15) is 0 Å². The van der Waals surface area contributed by atoms with Crippen molar-refractivity contribution in [3.63, 3.8) is 0 Å². The van der Waals surface area contributed by atoms with E-state index in [1.807, 2.05) is 24.3 Å². The second-order valence-corrected chi connectivity index (χ2v) is 2.77. The number of aryl methyl sites for hydroxylation is 1. The number of rotatable bonds is 4. The average molecular weight is 168 g/mol. The molecule has 0 atom stereocenters. The van der Waals surface area contributed by atoms with Crippen LogP contribution in [0.1, 0.15) is 17.5 Å². The van der Waals surface area contributed by atoms with Crippen molar-refractivity contribution in [1.29, 1.82) is 0 Å². The summed E-state index contributed by atoms with van der Waals surface area (Å²) in [5, 5.41) is 8.74. The highest BCUT2D eigenvalue weighted by molar-refractivity contribution is 5.21. The fourth-order valence-corrected chi connectivity index (χ4v) is 1.08. The minimum Gasteiger partial charge on any atom is -0.392 e. The summed E-state index contributed by atoms with van der Waals surface area (Å²) < 4.78 is 11.8. The summed E-state index contributed by atoms with van der Waals surface area (Å²) >= 11 is 0. The van der Waals surface area contributed by atoms with Gasteiger partial charge >= 0.3 is 0 Å². The number of alkyl halides is 1. The van der Waals surface area contributed by atoms with E-state index in [9.17, 15) is 4.39 Å². The zero-order valence-electron chi connectivity index (χ0n) is 6.96. The van der Waals surface area contributed by atoms with Crippen molar-refractivity contribution in [3.05, 3.63) is 35.4 Å². The molecule has 1 aromatic carbocycles. The summed E-state index contributed by atoms with van der Waals surface area (Å²) in [5.41, 5.74) is 2.03. The van der Waals surface area contributed by atoms with Gasteiger partial charge in [-0.25, -0.2) is 0 Å². The van der Waals surface area contributed by atoms with Crippen molar-refractivity contribution < 1.29 is 9.50 Å². The molecule has 0 aromatic heterocycles. The van der Waals surface area contributed by atoms with Crippen LogP contribution in [0.5, 0.6) is 0 Å². The monoisotopic (exact) mass is 168 g/mol. The molecular weight excluding hydrogens is 155 g/mol. The molecule has 12 heavy (non-hydrogen) atoms. The normalized spacial score (nSPS) is 10.2. The minimum atomic E-state index is -0.262. The molecule has 1 N–H and O–H groups in total. The Bertz CT molecular complexity index is 218. The van der Waals surface area contributed by atoms with E-state index in [0.29, 0.717) is 6.42 Å². The maximum atomic E-state index is 11.8. The smallest absolute Gasteiger partial charge is 0.0897 e. The van der Waals surface area contributed by atoms with Crippen molar-refractivity contribution >= 4 is 0 Å². The van der Waals surface area contributed by atoms with Crippen molar-refractivity contribution in [2.75, 3.05) is 6.67 Å². The van der Waals surface area contributed by atoms with Crippen LogP contribution < -0.4 is 0 Å². The van der Waals surface area contributed by atoms with Gasteiger partial charge in [0.15, 0.2) is 0 Å². The van der Waals surface area contributed by atoms with Crippen molar-refractivity contribution in [3.8, 4) is 0 Å². The van der Waals surface area contributed by atoms with Crippen molar-refractivity contribution in [2.45, 2.75) is 19.4 Å². The third kappa shape index (κ3) is 2.62. The van der Waals surface area contributed by atoms with E-state index >= 15 is 0 Å². The molecule has 0 saturated carbocycles. The third-order valence-electron chi connectivity index (χ3n) is 1.80. The molecular formula is C10H13FO. The van der Waals surface area contributed by atoms with Crippen molar-refractivity contribution in [1.82, 2.24) is 0 Å². The fraction of sp³-hybridized carbons (Fsp3) is 0.400. The van der Waals surface area contributed by atoms with Crippen LogP contribution >= 0.6 is 0 Å². The van der Waals surface area contributed by atoms with Crippen LogP contribution in [-0.2, 0) is 13.0 Å². The summed E-state index contributed by atoms with van der Waals surface area (Å²) in [6, 6.07) is 7.60. The van der Waals surface area contributed by atoms with E-state index in [-0.39, 0.29) is 13.3 Å². The second kappa shape index (κ2) is 4.88. The van der Waals surface area contributed by atoms with Gasteiger partial charge in [0.25, 0.3) is 0 Å². The maximum Gasteiger partial charge on any atom is 0.0897 e. The van der Waals surface area contributed by atoms with Gasteiger partial charge in [0, 0.05) is 0 Å². The highest BCUT2D eigenvalue weighted by Crippen LogP contribution is 2.06. The van der Waals surface area contributed by atoms with E-state index in [1.54, 1.807) is 0 Å². The number of halogens is 1. The molecule has 0 aliphatic carbocycles. The molecule has 0 aliphatic rings. The first-order valence-corrected chi connectivity index (χ1v) is 4.11. The molecule has 1 rings (SSSR count). The Kier molecular flexibility index (Phi) is 3.74. The SMILES string of the molecule is OCc1ccc(CCCF)cc1. The van der Waals surface area contributed by atoms with Gasteiger partial charge in [0.2, 0.25) is 0 Å². The zero-order chi connectivity index (χ0) is 8.81. The first-order chi connectivity index (χ1) is 5.86. The molecule has 0 fully saturated rings. The lowest BCUT2D eigenvalue weighted by Crippen LogP contribution is -1.88. The molecule has 0 spiro atoms.